The Morgan fingerprint density at radius 3 is 2.35 bits per heavy atom. The molecule has 1 amide bonds. The fourth-order valence-electron chi connectivity index (χ4n) is 2.29. The lowest BCUT2D eigenvalue weighted by molar-refractivity contribution is -0.127. The van der Waals surface area contributed by atoms with Gasteiger partial charge < -0.3 is 10.2 Å². The average Bonchev–Trinajstić information content (AvgIpc) is 2.55. The Hall–Kier alpha value is -2.37. The highest BCUT2D eigenvalue weighted by Gasteiger charge is 2.20. The van der Waals surface area contributed by atoms with Gasteiger partial charge in [0, 0.05) is 25.0 Å². The number of piperidine rings is 1. The van der Waals surface area contributed by atoms with Gasteiger partial charge in [0.05, 0.1) is 4.90 Å². The monoisotopic (exact) mass is 335 g/mol. The number of nitrogens with one attached hydrogen (secondary N) is 1. The van der Waals surface area contributed by atoms with Crippen molar-refractivity contribution in [3.8, 4) is 6.07 Å². The number of carbonyl (C=O) groups is 1. The molecule has 0 bridgehead atoms. The number of carbonyl (C=O) groups excluding carboxylic acids is 1. The number of hydrogen-bond acceptors (Lipinski definition) is 5. The van der Waals surface area contributed by atoms with E-state index in [9.17, 15) is 13.2 Å². The predicted molar refractivity (Wildman–Crippen MR) is 84.0 cm³/mol. The Morgan fingerprint density at radius 2 is 1.83 bits per heavy atom. The summed E-state index contributed by atoms with van der Waals surface area (Å²) >= 11 is 0. The zero-order valence-electron chi connectivity index (χ0n) is 12.4. The van der Waals surface area contributed by atoms with E-state index >= 15 is 0 Å². The van der Waals surface area contributed by atoms with Crippen LogP contribution in [-0.2, 0) is 14.9 Å². The zero-order chi connectivity index (χ0) is 16.9. The van der Waals surface area contributed by atoms with Crippen molar-refractivity contribution < 1.29 is 17.8 Å². The number of likely N-dealkylation sites (tertiary alicyclic amines) is 1. The smallest absolute Gasteiger partial charge is 0.294 e. The van der Waals surface area contributed by atoms with Gasteiger partial charge in [-0.3, -0.25) is 9.35 Å². The van der Waals surface area contributed by atoms with Crippen molar-refractivity contribution in [3.63, 3.8) is 0 Å². The van der Waals surface area contributed by atoms with E-state index in [4.69, 9.17) is 9.81 Å². The van der Waals surface area contributed by atoms with Crippen molar-refractivity contribution >= 4 is 21.7 Å². The summed E-state index contributed by atoms with van der Waals surface area (Å²) in [6, 6.07) is 7.19. The Bertz CT molecular complexity index is 742. The van der Waals surface area contributed by atoms with Crippen LogP contribution >= 0.6 is 0 Å². The van der Waals surface area contributed by atoms with Crippen molar-refractivity contribution in [2.45, 2.75) is 24.2 Å². The average molecular weight is 335 g/mol. The second-order valence-electron chi connectivity index (χ2n) is 5.17. The molecule has 0 atom stereocenters. The highest BCUT2D eigenvalue weighted by Crippen LogP contribution is 2.15. The summed E-state index contributed by atoms with van der Waals surface area (Å²) in [5.41, 5.74) is 0.488. The van der Waals surface area contributed by atoms with E-state index in [-0.39, 0.29) is 16.4 Å². The van der Waals surface area contributed by atoms with Crippen LogP contribution in [0.2, 0.25) is 0 Å². The number of anilines is 1. The van der Waals surface area contributed by atoms with E-state index < -0.39 is 10.1 Å². The molecule has 7 nitrogen and oxygen atoms in total. The van der Waals surface area contributed by atoms with E-state index in [0.29, 0.717) is 18.8 Å². The molecule has 1 fully saturated rings. The first-order valence-electron chi connectivity index (χ1n) is 7.15. The first kappa shape index (κ1) is 17.0. The molecular formula is C15H17N3O4S. The van der Waals surface area contributed by atoms with E-state index in [0.717, 1.165) is 19.3 Å². The van der Waals surface area contributed by atoms with Crippen LogP contribution in [-0.4, -0.2) is 36.9 Å². The van der Waals surface area contributed by atoms with Crippen molar-refractivity contribution in [2.75, 3.05) is 18.4 Å². The maximum Gasteiger partial charge on any atom is 0.294 e. The van der Waals surface area contributed by atoms with Crippen molar-refractivity contribution in [1.82, 2.24) is 4.90 Å². The van der Waals surface area contributed by atoms with Crippen LogP contribution < -0.4 is 5.32 Å². The van der Waals surface area contributed by atoms with Crippen molar-refractivity contribution in [2.24, 2.45) is 0 Å². The Balaban J connectivity index is 2.07. The Labute approximate surface area is 135 Å². The van der Waals surface area contributed by atoms with E-state index in [1.54, 1.807) is 4.90 Å². The lowest BCUT2D eigenvalue weighted by atomic mass is 10.1. The van der Waals surface area contributed by atoms with Gasteiger partial charge in [0.25, 0.3) is 16.0 Å². The van der Waals surface area contributed by atoms with Gasteiger partial charge in [-0.05, 0) is 43.5 Å². The number of hydrogen-bond donors (Lipinski definition) is 2. The summed E-state index contributed by atoms with van der Waals surface area (Å²) < 4.78 is 30.8. The zero-order valence-corrected chi connectivity index (χ0v) is 13.2. The lowest BCUT2D eigenvalue weighted by Gasteiger charge is -2.26. The molecule has 8 heteroatoms. The van der Waals surface area contributed by atoms with Crippen LogP contribution in [0.5, 0.6) is 0 Å². The van der Waals surface area contributed by atoms with Gasteiger partial charge in [0.2, 0.25) is 0 Å². The quantitative estimate of drug-likeness (QED) is 0.493. The molecular weight excluding hydrogens is 318 g/mol. The van der Waals surface area contributed by atoms with Gasteiger partial charge in [-0.1, -0.05) is 0 Å². The molecule has 2 N–H and O–H groups in total. The predicted octanol–water partition coefficient (Wildman–Crippen LogP) is 1.77. The molecule has 0 saturated carbocycles. The first-order chi connectivity index (χ1) is 10.9. The van der Waals surface area contributed by atoms with Gasteiger partial charge >= 0.3 is 0 Å². The standard InChI is InChI=1S/C15H17N3O4S/c16-10-12(15(19)18-8-2-1-3-9-18)11-17-13-4-6-14(7-5-13)23(20,21)22/h4-7,11,17H,1-3,8-9H2,(H,20,21,22)/b12-11-. The van der Waals surface area contributed by atoms with E-state index in [2.05, 4.69) is 5.32 Å². The summed E-state index contributed by atoms with van der Waals surface area (Å²) in [6.07, 6.45) is 4.27. The molecule has 2 rings (SSSR count). The third-order valence-electron chi connectivity index (χ3n) is 3.53. The molecule has 0 radical (unpaired) electrons. The van der Waals surface area contributed by atoms with Crippen LogP contribution in [0.25, 0.3) is 0 Å². The highest BCUT2D eigenvalue weighted by atomic mass is 32.2. The topological polar surface area (TPSA) is 111 Å². The van der Waals surface area contributed by atoms with Crippen molar-refractivity contribution in [1.29, 1.82) is 5.26 Å². The molecule has 1 aromatic rings. The maximum absolute atomic E-state index is 12.2. The number of nitrogens with zero attached hydrogens (tertiary/aromatic N) is 2. The molecule has 0 aromatic heterocycles. The van der Waals surface area contributed by atoms with Crippen LogP contribution in [0.15, 0.2) is 40.9 Å². The molecule has 1 heterocycles. The maximum atomic E-state index is 12.2. The molecule has 122 valence electrons. The summed E-state index contributed by atoms with van der Waals surface area (Å²) in [7, 11) is -4.24. The summed E-state index contributed by atoms with van der Waals surface area (Å²) in [4.78, 5) is 13.6. The molecule has 1 saturated heterocycles. The first-order valence-corrected chi connectivity index (χ1v) is 8.59. The summed E-state index contributed by atoms with van der Waals surface area (Å²) in [6.45, 7) is 1.31. The van der Waals surface area contributed by atoms with Gasteiger partial charge in [-0.15, -0.1) is 0 Å². The number of rotatable bonds is 4. The Morgan fingerprint density at radius 1 is 1.22 bits per heavy atom. The molecule has 0 aliphatic carbocycles. The minimum Gasteiger partial charge on any atom is -0.360 e. The molecule has 23 heavy (non-hydrogen) atoms. The third-order valence-corrected chi connectivity index (χ3v) is 4.40. The van der Waals surface area contributed by atoms with Crippen LogP contribution in [0.3, 0.4) is 0 Å². The van der Waals surface area contributed by atoms with Gasteiger partial charge in [0.1, 0.15) is 11.6 Å². The van der Waals surface area contributed by atoms with E-state index in [1.807, 2.05) is 6.07 Å². The number of benzene rings is 1. The normalized spacial score (nSPS) is 15.8. The van der Waals surface area contributed by atoms with Gasteiger partial charge in [-0.25, -0.2) is 0 Å². The number of amides is 1. The molecule has 1 aromatic carbocycles. The summed E-state index contributed by atoms with van der Waals surface area (Å²) in [5.74, 6) is -0.311. The number of nitriles is 1. The lowest BCUT2D eigenvalue weighted by Crippen LogP contribution is -2.36. The molecule has 1 aliphatic rings. The highest BCUT2D eigenvalue weighted by molar-refractivity contribution is 7.85. The van der Waals surface area contributed by atoms with Gasteiger partial charge in [0.15, 0.2) is 0 Å². The van der Waals surface area contributed by atoms with Crippen molar-refractivity contribution in [3.05, 3.63) is 36.0 Å². The molecule has 0 spiro atoms. The second-order valence-corrected chi connectivity index (χ2v) is 6.59. The second kappa shape index (κ2) is 7.26. The van der Waals surface area contributed by atoms with Gasteiger partial charge in [-0.2, -0.15) is 13.7 Å². The molecule has 0 unspecified atom stereocenters. The SMILES string of the molecule is N#C/C(=C/Nc1ccc(S(=O)(=O)O)cc1)C(=O)N1CCCCC1. The largest absolute Gasteiger partial charge is 0.360 e. The van der Waals surface area contributed by atoms with Crippen LogP contribution in [0.4, 0.5) is 5.69 Å². The van der Waals surface area contributed by atoms with E-state index in [1.165, 1.54) is 30.5 Å². The fraction of sp³-hybridized carbons (Fsp3) is 0.333. The summed E-state index contributed by atoms with van der Waals surface area (Å²) in [5, 5.41) is 11.9. The fourth-order valence-corrected chi connectivity index (χ4v) is 2.77. The van der Waals surface area contributed by atoms with Crippen LogP contribution in [0.1, 0.15) is 19.3 Å². The minimum absolute atomic E-state index is 0.00856. The Kier molecular flexibility index (Phi) is 5.36. The molecule has 1 aliphatic heterocycles. The third kappa shape index (κ3) is 4.55. The van der Waals surface area contributed by atoms with Crippen LogP contribution in [0, 0.1) is 11.3 Å². The minimum atomic E-state index is -4.24.